The van der Waals surface area contributed by atoms with E-state index in [1.807, 2.05) is 0 Å². The van der Waals surface area contributed by atoms with Crippen LogP contribution >= 0.6 is 0 Å². The van der Waals surface area contributed by atoms with Crippen molar-refractivity contribution in [2.24, 2.45) is 0 Å². The normalized spacial score (nSPS) is 22.1. The molecule has 2 heteroatoms. The lowest BCUT2D eigenvalue weighted by Crippen LogP contribution is -2.46. The standard InChI is InChI=1S/C19H26Si2/c1-20(2,16-11-7-5-8-12-16)18-15-19(18)21(3,4)17-13-9-6-10-14-17/h5-14,18-19H,15H2,1-4H3. The Morgan fingerprint density at radius 2 is 0.952 bits per heavy atom. The van der Waals surface area contributed by atoms with Crippen LogP contribution in [0.3, 0.4) is 0 Å². The zero-order chi connectivity index (χ0) is 15.1. The maximum Gasteiger partial charge on any atom is 0.0836 e. The van der Waals surface area contributed by atoms with E-state index in [2.05, 4.69) is 86.9 Å². The van der Waals surface area contributed by atoms with E-state index in [0.717, 1.165) is 11.1 Å². The quantitative estimate of drug-likeness (QED) is 0.736. The van der Waals surface area contributed by atoms with Gasteiger partial charge in [0, 0.05) is 0 Å². The number of rotatable bonds is 4. The van der Waals surface area contributed by atoms with Crippen molar-refractivity contribution in [2.75, 3.05) is 0 Å². The molecule has 0 saturated heterocycles. The van der Waals surface area contributed by atoms with Crippen molar-refractivity contribution >= 4 is 26.5 Å². The van der Waals surface area contributed by atoms with Gasteiger partial charge < -0.3 is 0 Å². The summed E-state index contributed by atoms with van der Waals surface area (Å²) in [7, 11) is -2.63. The fourth-order valence-electron chi connectivity index (χ4n) is 3.95. The fourth-order valence-corrected chi connectivity index (χ4v) is 13.3. The second-order valence-electron chi connectivity index (χ2n) is 7.62. The molecule has 0 aliphatic heterocycles. The maximum absolute atomic E-state index is 2.57. The maximum atomic E-state index is 2.57. The largest absolute Gasteiger partial charge is 0.0836 e. The third kappa shape index (κ3) is 2.67. The van der Waals surface area contributed by atoms with E-state index in [1.165, 1.54) is 6.42 Å². The van der Waals surface area contributed by atoms with Crippen LogP contribution in [0.25, 0.3) is 0 Å². The monoisotopic (exact) mass is 310 g/mol. The average Bonchev–Trinajstić information content (AvgIpc) is 3.31. The average molecular weight is 311 g/mol. The van der Waals surface area contributed by atoms with Gasteiger partial charge in [-0.05, 0) is 11.1 Å². The lowest BCUT2D eigenvalue weighted by Gasteiger charge is -2.29. The van der Waals surface area contributed by atoms with Gasteiger partial charge in [0.1, 0.15) is 0 Å². The van der Waals surface area contributed by atoms with Crippen LogP contribution in [0.2, 0.25) is 37.3 Å². The molecular weight excluding hydrogens is 284 g/mol. The van der Waals surface area contributed by atoms with Gasteiger partial charge in [0.05, 0.1) is 16.1 Å². The molecule has 3 rings (SSSR count). The van der Waals surface area contributed by atoms with Gasteiger partial charge >= 0.3 is 0 Å². The molecule has 0 heterocycles. The Morgan fingerprint density at radius 1 is 0.619 bits per heavy atom. The first kappa shape index (κ1) is 14.8. The summed E-state index contributed by atoms with van der Waals surface area (Å²) in [5, 5.41) is 3.27. The highest BCUT2D eigenvalue weighted by atomic mass is 28.3. The van der Waals surface area contributed by atoms with E-state index in [0.29, 0.717) is 0 Å². The Morgan fingerprint density at radius 3 is 1.29 bits per heavy atom. The summed E-state index contributed by atoms with van der Waals surface area (Å²) in [5.74, 6) is 0. The van der Waals surface area contributed by atoms with Crippen molar-refractivity contribution < 1.29 is 0 Å². The van der Waals surface area contributed by atoms with Crippen LogP contribution in [0, 0.1) is 0 Å². The predicted octanol–water partition coefficient (Wildman–Crippen LogP) is 4.36. The van der Waals surface area contributed by atoms with E-state index >= 15 is 0 Å². The summed E-state index contributed by atoms with van der Waals surface area (Å²) < 4.78 is 0. The molecule has 0 nitrogen and oxygen atoms in total. The summed E-state index contributed by atoms with van der Waals surface area (Å²) in [6.07, 6.45) is 1.46. The molecule has 2 aromatic rings. The molecule has 0 aromatic heterocycles. The molecule has 0 N–H and O–H groups in total. The van der Waals surface area contributed by atoms with Crippen molar-refractivity contribution in [1.82, 2.24) is 0 Å². The van der Waals surface area contributed by atoms with E-state index in [4.69, 9.17) is 0 Å². The van der Waals surface area contributed by atoms with Gasteiger partial charge in [-0.3, -0.25) is 0 Å². The SMILES string of the molecule is C[Si](C)(c1ccccc1)C1CC1[Si](C)(C)c1ccccc1. The molecule has 1 fully saturated rings. The Labute approximate surface area is 131 Å². The molecule has 0 spiro atoms. The molecule has 1 aliphatic rings. The van der Waals surface area contributed by atoms with Gasteiger partial charge in [0.2, 0.25) is 0 Å². The van der Waals surface area contributed by atoms with E-state index in [9.17, 15) is 0 Å². The first-order valence-corrected chi connectivity index (χ1v) is 14.2. The van der Waals surface area contributed by atoms with Crippen molar-refractivity contribution in [1.29, 1.82) is 0 Å². The van der Waals surface area contributed by atoms with Crippen LogP contribution in [0.5, 0.6) is 0 Å². The molecule has 2 aromatic carbocycles. The van der Waals surface area contributed by atoms with Crippen LogP contribution < -0.4 is 10.4 Å². The minimum absolute atomic E-state index is 0.974. The van der Waals surface area contributed by atoms with Crippen LogP contribution in [0.15, 0.2) is 60.7 Å². The van der Waals surface area contributed by atoms with E-state index in [-0.39, 0.29) is 0 Å². The molecular formula is C19H26Si2. The van der Waals surface area contributed by atoms with Crippen molar-refractivity contribution in [3.8, 4) is 0 Å². The van der Waals surface area contributed by atoms with Gasteiger partial charge in [-0.25, -0.2) is 0 Å². The van der Waals surface area contributed by atoms with Gasteiger partial charge in [-0.15, -0.1) is 0 Å². The zero-order valence-electron chi connectivity index (χ0n) is 13.6. The molecule has 0 radical (unpaired) electrons. The third-order valence-electron chi connectivity index (χ3n) is 5.68. The number of hydrogen-bond acceptors (Lipinski definition) is 0. The summed E-state index contributed by atoms with van der Waals surface area (Å²) in [6, 6.07) is 22.6. The van der Waals surface area contributed by atoms with Crippen LogP contribution in [-0.2, 0) is 0 Å². The Bertz CT molecular complexity index is 546. The molecule has 0 amide bonds. The van der Waals surface area contributed by atoms with Gasteiger partial charge in [0.25, 0.3) is 0 Å². The molecule has 0 bridgehead atoms. The Kier molecular flexibility index (Phi) is 3.70. The summed E-state index contributed by atoms with van der Waals surface area (Å²) >= 11 is 0. The second-order valence-corrected chi connectivity index (χ2v) is 17.1. The van der Waals surface area contributed by atoms with E-state index < -0.39 is 16.1 Å². The summed E-state index contributed by atoms with van der Waals surface area (Å²) in [4.78, 5) is 0. The van der Waals surface area contributed by atoms with Crippen LogP contribution in [0.4, 0.5) is 0 Å². The van der Waals surface area contributed by atoms with Crippen molar-refractivity contribution in [2.45, 2.75) is 43.7 Å². The lowest BCUT2D eigenvalue weighted by atomic mass is 10.4. The molecule has 21 heavy (non-hydrogen) atoms. The van der Waals surface area contributed by atoms with Crippen molar-refractivity contribution in [3.63, 3.8) is 0 Å². The third-order valence-corrected chi connectivity index (χ3v) is 14.6. The molecule has 2 atom stereocenters. The van der Waals surface area contributed by atoms with E-state index in [1.54, 1.807) is 10.4 Å². The van der Waals surface area contributed by atoms with Gasteiger partial charge in [0.15, 0.2) is 0 Å². The molecule has 2 unspecified atom stereocenters. The number of benzene rings is 2. The highest BCUT2D eigenvalue weighted by Crippen LogP contribution is 2.61. The smallest absolute Gasteiger partial charge is 0.0652 e. The minimum Gasteiger partial charge on any atom is -0.0652 e. The highest BCUT2D eigenvalue weighted by molar-refractivity contribution is 6.98. The number of hydrogen-bond donors (Lipinski definition) is 0. The summed E-state index contributed by atoms with van der Waals surface area (Å²) in [6.45, 7) is 10.3. The fraction of sp³-hybridized carbons (Fsp3) is 0.368. The Balaban J connectivity index is 1.83. The minimum atomic E-state index is -1.32. The molecule has 1 saturated carbocycles. The first-order chi connectivity index (χ1) is 9.94. The Hall–Kier alpha value is -1.13. The first-order valence-electron chi connectivity index (χ1n) is 8.05. The molecule has 110 valence electrons. The van der Waals surface area contributed by atoms with Crippen molar-refractivity contribution in [3.05, 3.63) is 60.7 Å². The summed E-state index contributed by atoms with van der Waals surface area (Å²) in [5.41, 5.74) is 1.95. The second kappa shape index (κ2) is 5.25. The van der Waals surface area contributed by atoms with Crippen LogP contribution in [0.1, 0.15) is 6.42 Å². The predicted molar refractivity (Wildman–Crippen MR) is 99.2 cm³/mol. The highest BCUT2D eigenvalue weighted by Gasteiger charge is 2.56. The topological polar surface area (TPSA) is 0 Å². The zero-order valence-corrected chi connectivity index (χ0v) is 15.6. The van der Waals surface area contributed by atoms with Gasteiger partial charge in [-0.2, -0.15) is 0 Å². The van der Waals surface area contributed by atoms with Crippen LogP contribution in [-0.4, -0.2) is 16.1 Å². The van der Waals surface area contributed by atoms with Gasteiger partial charge in [-0.1, -0.05) is 104 Å². The lowest BCUT2D eigenvalue weighted by molar-refractivity contribution is 1.29. The molecule has 1 aliphatic carbocycles.